The molecule has 1 aromatic heterocycles. The van der Waals surface area contributed by atoms with Crippen LogP contribution in [0.4, 0.5) is 0 Å². The molecule has 2 aromatic rings. The number of pyridine rings is 1. The predicted molar refractivity (Wildman–Crippen MR) is 52.9 cm³/mol. The van der Waals surface area contributed by atoms with Crippen molar-refractivity contribution in [2.45, 2.75) is 6.92 Å². The highest BCUT2D eigenvalue weighted by atomic mass is 16.5. The minimum Gasteiger partial charge on any atom is -0.493 e. The molecule has 2 heteroatoms. The van der Waals surface area contributed by atoms with Gasteiger partial charge in [0.15, 0.2) is 0 Å². The number of aromatic nitrogens is 1. The normalized spacial score (nSPS) is 10.2. The van der Waals surface area contributed by atoms with E-state index < -0.39 is 0 Å². The van der Waals surface area contributed by atoms with Crippen molar-refractivity contribution in [2.24, 2.45) is 0 Å². The van der Waals surface area contributed by atoms with E-state index in [1.807, 2.05) is 31.3 Å². The molecule has 1 aromatic carbocycles. The van der Waals surface area contributed by atoms with E-state index in [2.05, 4.69) is 11.1 Å². The second kappa shape index (κ2) is 3.44. The number of nitrogens with zero attached hydrogens (tertiary/aromatic N) is 1. The Morgan fingerprint density at radius 2 is 2.23 bits per heavy atom. The van der Waals surface area contributed by atoms with Crippen molar-refractivity contribution >= 4 is 10.8 Å². The summed E-state index contributed by atoms with van der Waals surface area (Å²) in [4.78, 5) is 4.08. The molecule has 2 nitrogen and oxygen atoms in total. The molecule has 1 heterocycles. The molecule has 0 fully saturated rings. The maximum atomic E-state index is 5.48. The standard InChI is InChI=1S/C11H11NO/c1-2-13-11-5-3-4-9-6-7-12-8-10(9)11/h3-8H,2H2,1H3. The molecule has 2 rings (SSSR count). The summed E-state index contributed by atoms with van der Waals surface area (Å²) in [5, 5.41) is 2.24. The molecule has 0 aliphatic carbocycles. The van der Waals surface area contributed by atoms with Gasteiger partial charge in [0.2, 0.25) is 0 Å². The molecule has 66 valence electrons. The quantitative estimate of drug-likeness (QED) is 0.696. The third kappa shape index (κ3) is 1.47. The van der Waals surface area contributed by atoms with E-state index in [-0.39, 0.29) is 0 Å². The zero-order chi connectivity index (χ0) is 9.10. The van der Waals surface area contributed by atoms with Gasteiger partial charge in [-0.3, -0.25) is 4.98 Å². The van der Waals surface area contributed by atoms with Crippen LogP contribution < -0.4 is 4.74 Å². The third-order valence-electron chi connectivity index (χ3n) is 1.94. The Kier molecular flexibility index (Phi) is 2.13. The highest BCUT2D eigenvalue weighted by molar-refractivity contribution is 5.87. The molecule has 13 heavy (non-hydrogen) atoms. The van der Waals surface area contributed by atoms with Crippen LogP contribution in [0.25, 0.3) is 10.8 Å². The lowest BCUT2D eigenvalue weighted by molar-refractivity contribution is 0.344. The van der Waals surface area contributed by atoms with E-state index in [0.29, 0.717) is 6.61 Å². The average molecular weight is 173 g/mol. The van der Waals surface area contributed by atoms with Crippen molar-refractivity contribution in [2.75, 3.05) is 6.61 Å². The van der Waals surface area contributed by atoms with Gasteiger partial charge in [0, 0.05) is 17.8 Å². The molecular weight excluding hydrogens is 162 g/mol. The number of fused-ring (bicyclic) bond motifs is 1. The summed E-state index contributed by atoms with van der Waals surface area (Å²) in [5.41, 5.74) is 0. The molecular formula is C11H11NO. The van der Waals surface area contributed by atoms with Gasteiger partial charge in [-0.25, -0.2) is 0 Å². The van der Waals surface area contributed by atoms with E-state index in [9.17, 15) is 0 Å². The first kappa shape index (κ1) is 8.05. The van der Waals surface area contributed by atoms with E-state index in [4.69, 9.17) is 4.74 Å². The highest BCUT2D eigenvalue weighted by Crippen LogP contribution is 2.23. The van der Waals surface area contributed by atoms with Gasteiger partial charge in [-0.1, -0.05) is 12.1 Å². The molecule has 0 saturated heterocycles. The lowest BCUT2D eigenvalue weighted by atomic mass is 10.2. The fraction of sp³-hybridized carbons (Fsp3) is 0.182. The van der Waals surface area contributed by atoms with Crippen molar-refractivity contribution in [3.05, 3.63) is 36.7 Å². The van der Waals surface area contributed by atoms with Crippen molar-refractivity contribution in [3.63, 3.8) is 0 Å². The fourth-order valence-corrected chi connectivity index (χ4v) is 1.37. The predicted octanol–water partition coefficient (Wildman–Crippen LogP) is 2.63. The van der Waals surface area contributed by atoms with Crippen LogP contribution in [0.3, 0.4) is 0 Å². The molecule has 0 aliphatic rings. The summed E-state index contributed by atoms with van der Waals surface area (Å²) in [5.74, 6) is 0.910. The number of benzene rings is 1. The Balaban J connectivity index is 2.61. The summed E-state index contributed by atoms with van der Waals surface area (Å²) in [7, 11) is 0. The van der Waals surface area contributed by atoms with Gasteiger partial charge in [-0.05, 0) is 24.4 Å². The Bertz CT molecular complexity index is 406. The maximum Gasteiger partial charge on any atom is 0.128 e. The van der Waals surface area contributed by atoms with Crippen LogP contribution in [0.15, 0.2) is 36.7 Å². The molecule has 0 spiro atoms. The SMILES string of the molecule is CCOc1cccc2ccncc12. The summed E-state index contributed by atoms with van der Waals surface area (Å²) in [6.45, 7) is 2.67. The molecule has 0 saturated carbocycles. The van der Waals surface area contributed by atoms with Gasteiger partial charge < -0.3 is 4.74 Å². The van der Waals surface area contributed by atoms with Gasteiger partial charge in [0.25, 0.3) is 0 Å². The fourth-order valence-electron chi connectivity index (χ4n) is 1.37. The first-order valence-electron chi connectivity index (χ1n) is 4.37. The smallest absolute Gasteiger partial charge is 0.128 e. The van der Waals surface area contributed by atoms with Crippen LogP contribution in [0.2, 0.25) is 0 Å². The van der Waals surface area contributed by atoms with Crippen LogP contribution in [0.5, 0.6) is 5.75 Å². The molecule has 0 aliphatic heterocycles. The van der Waals surface area contributed by atoms with Crippen LogP contribution in [-0.4, -0.2) is 11.6 Å². The Morgan fingerprint density at radius 1 is 1.31 bits per heavy atom. The molecule has 0 atom stereocenters. The maximum absolute atomic E-state index is 5.48. The zero-order valence-electron chi connectivity index (χ0n) is 7.53. The number of hydrogen-bond donors (Lipinski definition) is 0. The van der Waals surface area contributed by atoms with Gasteiger partial charge in [-0.2, -0.15) is 0 Å². The largest absolute Gasteiger partial charge is 0.493 e. The van der Waals surface area contributed by atoms with Crippen LogP contribution in [-0.2, 0) is 0 Å². The first-order chi connectivity index (χ1) is 6.42. The lowest BCUT2D eigenvalue weighted by Crippen LogP contribution is -1.92. The summed E-state index contributed by atoms with van der Waals surface area (Å²) in [6.07, 6.45) is 3.62. The Morgan fingerprint density at radius 3 is 3.08 bits per heavy atom. The number of ether oxygens (including phenoxy) is 1. The van der Waals surface area contributed by atoms with E-state index in [1.165, 1.54) is 5.39 Å². The highest BCUT2D eigenvalue weighted by Gasteiger charge is 1.99. The van der Waals surface area contributed by atoms with E-state index in [1.54, 1.807) is 6.20 Å². The summed E-state index contributed by atoms with van der Waals surface area (Å²) in [6, 6.07) is 8.00. The van der Waals surface area contributed by atoms with Gasteiger partial charge >= 0.3 is 0 Å². The summed E-state index contributed by atoms with van der Waals surface area (Å²) < 4.78 is 5.48. The minimum absolute atomic E-state index is 0.688. The Labute approximate surface area is 77.2 Å². The lowest BCUT2D eigenvalue weighted by Gasteiger charge is -2.05. The average Bonchev–Trinajstić information content (AvgIpc) is 2.19. The zero-order valence-corrected chi connectivity index (χ0v) is 7.53. The Hall–Kier alpha value is -1.57. The van der Waals surface area contributed by atoms with Gasteiger partial charge in [0.05, 0.1) is 6.61 Å². The molecule has 0 amide bonds. The molecule has 0 unspecified atom stereocenters. The summed E-state index contributed by atoms with van der Waals surface area (Å²) >= 11 is 0. The number of hydrogen-bond acceptors (Lipinski definition) is 2. The molecule has 0 N–H and O–H groups in total. The van der Waals surface area contributed by atoms with Crippen LogP contribution in [0.1, 0.15) is 6.92 Å². The molecule has 0 radical (unpaired) electrons. The van der Waals surface area contributed by atoms with Crippen molar-refractivity contribution in [3.8, 4) is 5.75 Å². The van der Waals surface area contributed by atoms with Gasteiger partial charge in [0.1, 0.15) is 5.75 Å². The van der Waals surface area contributed by atoms with Crippen molar-refractivity contribution < 1.29 is 4.74 Å². The van der Waals surface area contributed by atoms with E-state index >= 15 is 0 Å². The first-order valence-corrected chi connectivity index (χ1v) is 4.37. The third-order valence-corrected chi connectivity index (χ3v) is 1.94. The van der Waals surface area contributed by atoms with Crippen LogP contribution >= 0.6 is 0 Å². The minimum atomic E-state index is 0.688. The number of rotatable bonds is 2. The van der Waals surface area contributed by atoms with Gasteiger partial charge in [-0.15, -0.1) is 0 Å². The second-order valence-electron chi connectivity index (χ2n) is 2.79. The van der Waals surface area contributed by atoms with E-state index in [0.717, 1.165) is 11.1 Å². The van der Waals surface area contributed by atoms with Crippen LogP contribution in [0, 0.1) is 0 Å². The second-order valence-corrected chi connectivity index (χ2v) is 2.79. The monoisotopic (exact) mass is 173 g/mol. The van der Waals surface area contributed by atoms with Crippen molar-refractivity contribution in [1.29, 1.82) is 0 Å². The molecule has 0 bridgehead atoms. The topological polar surface area (TPSA) is 22.1 Å². The van der Waals surface area contributed by atoms with Crippen molar-refractivity contribution in [1.82, 2.24) is 4.98 Å².